The monoisotopic (exact) mass is 265 g/mol. The minimum atomic E-state index is -2.82. The molecule has 0 aromatic rings. The van der Waals surface area contributed by atoms with Crippen molar-refractivity contribution in [1.29, 1.82) is 0 Å². The first-order valence-electron chi connectivity index (χ1n) is 5.86. The standard InChI is InChI=1S/C11H23NO2S2/c1-4-16(13,14)6-5-12-10-7-11(2,3)9-15-8-10/h10,12H,4-9H2,1-3H3. The van der Waals surface area contributed by atoms with Crippen LogP contribution in [0.4, 0.5) is 0 Å². The van der Waals surface area contributed by atoms with Crippen LogP contribution in [0.2, 0.25) is 0 Å². The largest absolute Gasteiger partial charge is 0.312 e. The summed E-state index contributed by atoms with van der Waals surface area (Å²) in [6.07, 6.45) is 1.15. The molecule has 0 aliphatic carbocycles. The second kappa shape index (κ2) is 5.74. The molecule has 3 nitrogen and oxygen atoms in total. The van der Waals surface area contributed by atoms with E-state index in [9.17, 15) is 8.42 Å². The fraction of sp³-hybridized carbons (Fsp3) is 1.00. The van der Waals surface area contributed by atoms with E-state index in [1.165, 1.54) is 5.75 Å². The molecule has 0 saturated carbocycles. The van der Waals surface area contributed by atoms with Gasteiger partial charge in [-0.1, -0.05) is 20.8 Å². The lowest BCUT2D eigenvalue weighted by atomic mass is 9.88. The van der Waals surface area contributed by atoms with Crippen molar-refractivity contribution in [3.63, 3.8) is 0 Å². The molecule has 1 heterocycles. The number of thioether (sulfide) groups is 1. The molecule has 1 fully saturated rings. The Bertz CT molecular complexity index is 312. The molecule has 1 atom stereocenters. The molecule has 96 valence electrons. The highest BCUT2D eigenvalue weighted by molar-refractivity contribution is 7.99. The SMILES string of the molecule is CCS(=O)(=O)CCNC1CSCC(C)(C)C1. The summed E-state index contributed by atoms with van der Waals surface area (Å²) in [5.74, 6) is 2.83. The van der Waals surface area contributed by atoms with Crippen molar-refractivity contribution in [3.8, 4) is 0 Å². The van der Waals surface area contributed by atoms with Crippen LogP contribution in [0.5, 0.6) is 0 Å². The molecule has 1 aliphatic rings. The molecule has 1 saturated heterocycles. The molecule has 1 aliphatic heterocycles. The highest BCUT2D eigenvalue weighted by atomic mass is 32.2. The van der Waals surface area contributed by atoms with Crippen LogP contribution < -0.4 is 5.32 Å². The van der Waals surface area contributed by atoms with Crippen LogP contribution in [0.25, 0.3) is 0 Å². The van der Waals surface area contributed by atoms with E-state index in [1.54, 1.807) is 6.92 Å². The molecular weight excluding hydrogens is 242 g/mol. The predicted octanol–water partition coefficient (Wildman–Crippen LogP) is 1.54. The van der Waals surface area contributed by atoms with E-state index in [1.807, 2.05) is 11.8 Å². The molecule has 0 amide bonds. The number of rotatable bonds is 5. The van der Waals surface area contributed by atoms with E-state index >= 15 is 0 Å². The normalized spacial score (nSPS) is 25.6. The highest BCUT2D eigenvalue weighted by Crippen LogP contribution is 2.33. The van der Waals surface area contributed by atoms with Crippen molar-refractivity contribution in [1.82, 2.24) is 5.32 Å². The highest BCUT2D eigenvalue weighted by Gasteiger charge is 2.28. The van der Waals surface area contributed by atoms with E-state index in [-0.39, 0.29) is 11.5 Å². The molecule has 0 bridgehead atoms. The summed E-state index contributed by atoms with van der Waals surface area (Å²) in [4.78, 5) is 0. The number of nitrogens with one attached hydrogen (secondary N) is 1. The van der Waals surface area contributed by atoms with Gasteiger partial charge in [0.15, 0.2) is 9.84 Å². The van der Waals surface area contributed by atoms with E-state index in [4.69, 9.17) is 0 Å². The van der Waals surface area contributed by atoms with Crippen LogP contribution in [0, 0.1) is 5.41 Å². The minimum absolute atomic E-state index is 0.250. The van der Waals surface area contributed by atoms with Gasteiger partial charge >= 0.3 is 0 Å². The van der Waals surface area contributed by atoms with Crippen molar-refractivity contribution in [2.45, 2.75) is 33.2 Å². The van der Waals surface area contributed by atoms with Crippen LogP contribution in [-0.4, -0.2) is 44.0 Å². The topological polar surface area (TPSA) is 46.2 Å². The van der Waals surface area contributed by atoms with Crippen LogP contribution in [0.15, 0.2) is 0 Å². The maximum atomic E-state index is 11.3. The van der Waals surface area contributed by atoms with E-state index in [2.05, 4.69) is 19.2 Å². The van der Waals surface area contributed by atoms with Crippen LogP contribution >= 0.6 is 11.8 Å². The van der Waals surface area contributed by atoms with Crippen molar-refractivity contribution in [3.05, 3.63) is 0 Å². The third-order valence-electron chi connectivity index (χ3n) is 2.90. The number of hydrogen-bond donors (Lipinski definition) is 1. The Hall–Kier alpha value is 0.260. The number of hydrogen-bond acceptors (Lipinski definition) is 4. The molecule has 0 radical (unpaired) electrons. The van der Waals surface area contributed by atoms with Gasteiger partial charge in [-0.05, 0) is 17.6 Å². The predicted molar refractivity (Wildman–Crippen MR) is 71.8 cm³/mol. The summed E-state index contributed by atoms with van der Waals surface area (Å²) >= 11 is 1.96. The zero-order chi connectivity index (χ0) is 12.2. The average molecular weight is 265 g/mol. The van der Waals surface area contributed by atoms with E-state index in [0.717, 1.165) is 12.2 Å². The van der Waals surface area contributed by atoms with E-state index < -0.39 is 9.84 Å². The lowest BCUT2D eigenvalue weighted by Gasteiger charge is -2.35. The van der Waals surface area contributed by atoms with Crippen molar-refractivity contribution >= 4 is 21.6 Å². The van der Waals surface area contributed by atoms with Gasteiger partial charge in [-0.15, -0.1) is 0 Å². The van der Waals surface area contributed by atoms with Gasteiger partial charge in [0.2, 0.25) is 0 Å². The maximum Gasteiger partial charge on any atom is 0.151 e. The lowest BCUT2D eigenvalue weighted by Crippen LogP contribution is -2.42. The summed E-state index contributed by atoms with van der Waals surface area (Å²) in [6.45, 7) is 6.85. The first-order valence-corrected chi connectivity index (χ1v) is 8.84. The second-order valence-corrected chi connectivity index (χ2v) is 8.77. The Morgan fingerprint density at radius 3 is 2.69 bits per heavy atom. The van der Waals surface area contributed by atoms with Crippen molar-refractivity contribution in [2.24, 2.45) is 5.41 Å². The Morgan fingerprint density at radius 1 is 1.44 bits per heavy atom. The number of sulfone groups is 1. The third kappa shape index (κ3) is 5.06. The third-order valence-corrected chi connectivity index (χ3v) is 6.23. The van der Waals surface area contributed by atoms with Gasteiger partial charge in [-0.2, -0.15) is 11.8 Å². The van der Waals surface area contributed by atoms with Gasteiger partial charge in [-0.25, -0.2) is 8.42 Å². The lowest BCUT2D eigenvalue weighted by molar-refractivity contribution is 0.321. The summed E-state index contributed by atoms with van der Waals surface area (Å²) in [5, 5.41) is 3.37. The molecule has 16 heavy (non-hydrogen) atoms. The Kier molecular flexibility index (Phi) is 5.13. The molecule has 5 heteroatoms. The fourth-order valence-electron chi connectivity index (χ4n) is 1.96. The summed E-state index contributed by atoms with van der Waals surface area (Å²) < 4.78 is 22.6. The first-order chi connectivity index (χ1) is 7.35. The van der Waals surface area contributed by atoms with Crippen molar-refractivity contribution < 1.29 is 8.42 Å². The van der Waals surface area contributed by atoms with Gasteiger partial charge in [0.05, 0.1) is 5.75 Å². The van der Waals surface area contributed by atoms with E-state index in [0.29, 0.717) is 18.0 Å². The van der Waals surface area contributed by atoms with Gasteiger partial charge in [0, 0.05) is 24.1 Å². The summed E-state index contributed by atoms with van der Waals surface area (Å²) in [7, 11) is -2.82. The maximum absolute atomic E-state index is 11.3. The zero-order valence-electron chi connectivity index (χ0n) is 10.5. The zero-order valence-corrected chi connectivity index (χ0v) is 12.1. The second-order valence-electron chi connectivity index (χ2n) is 5.27. The molecule has 0 aromatic carbocycles. The molecule has 1 unspecified atom stereocenters. The summed E-state index contributed by atoms with van der Waals surface area (Å²) in [6, 6.07) is 0.473. The van der Waals surface area contributed by atoms with Gasteiger partial charge in [0.1, 0.15) is 0 Å². The molecule has 0 spiro atoms. The summed E-state index contributed by atoms with van der Waals surface area (Å²) in [5.41, 5.74) is 0.379. The minimum Gasteiger partial charge on any atom is -0.312 e. The molecular formula is C11H23NO2S2. The first kappa shape index (κ1) is 14.3. The van der Waals surface area contributed by atoms with Crippen LogP contribution in [-0.2, 0) is 9.84 Å². The Labute approximate surface area is 104 Å². The average Bonchev–Trinajstić information content (AvgIpc) is 2.16. The van der Waals surface area contributed by atoms with Gasteiger partial charge in [-0.3, -0.25) is 0 Å². The Morgan fingerprint density at radius 2 is 2.12 bits per heavy atom. The Balaban J connectivity index is 2.28. The molecule has 1 N–H and O–H groups in total. The quantitative estimate of drug-likeness (QED) is 0.819. The molecule has 0 aromatic heterocycles. The van der Waals surface area contributed by atoms with Gasteiger partial charge in [0.25, 0.3) is 0 Å². The van der Waals surface area contributed by atoms with Crippen LogP contribution in [0.3, 0.4) is 0 Å². The smallest absolute Gasteiger partial charge is 0.151 e. The molecule has 1 rings (SSSR count). The van der Waals surface area contributed by atoms with Crippen molar-refractivity contribution in [2.75, 3.05) is 29.6 Å². The van der Waals surface area contributed by atoms with Crippen LogP contribution in [0.1, 0.15) is 27.2 Å². The fourth-order valence-corrected chi connectivity index (χ4v) is 3.98. The van der Waals surface area contributed by atoms with Gasteiger partial charge < -0.3 is 5.32 Å².